The van der Waals surface area contributed by atoms with Crippen LogP contribution in [-0.4, -0.2) is 38.3 Å². The van der Waals surface area contributed by atoms with Crippen LogP contribution in [0.1, 0.15) is 30.0 Å². The molecule has 1 aliphatic heterocycles. The molecule has 3 aromatic rings. The minimum absolute atomic E-state index is 0.211. The van der Waals surface area contributed by atoms with Crippen molar-refractivity contribution in [3.8, 4) is 11.3 Å². The van der Waals surface area contributed by atoms with Crippen molar-refractivity contribution >= 4 is 33.2 Å². The Morgan fingerprint density at radius 1 is 1.10 bits per heavy atom. The van der Waals surface area contributed by atoms with E-state index in [1.54, 1.807) is 41.3 Å². The molecular formula is C23H23ClN2O4S. The predicted octanol–water partition coefficient (Wildman–Crippen LogP) is 4.83. The number of halogens is 1. The Morgan fingerprint density at radius 3 is 2.55 bits per heavy atom. The Morgan fingerprint density at radius 2 is 1.84 bits per heavy atom. The monoisotopic (exact) mass is 458 g/mol. The Bertz CT molecular complexity index is 1230. The lowest BCUT2D eigenvalue weighted by Crippen LogP contribution is -2.30. The second-order valence-electron chi connectivity index (χ2n) is 7.23. The second kappa shape index (κ2) is 8.49. The van der Waals surface area contributed by atoms with Crippen LogP contribution in [0.25, 0.3) is 11.3 Å². The molecule has 0 radical (unpaired) electrons. The van der Waals surface area contributed by atoms with E-state index in [0.29, 0.717) is 42.5 Å². The van der Waals surface area contributed by atoms with Gasteiger partial charge >= 0.3 is 0 Å². The predicted molar refractivity (Wildman–Crippen MR) is 121 cm³/mol. The first-order chi connectivity index (χ1) is 14.9. The Hall–Kier alpha value is -2.61. The third-order valence-electron chi connectivity index (χ3n) is 5.49. The first-order valence-corrected chi connectivity index (χ1v) is 12.0. The van der Waals surface area contributed by atoms with Crippen LogP contribution < -0.4 is 4.90 Å². The first kappa shape index (κ1) is 21.6. The van der Waals surface area contributed by atoms with E-state index in [4.69, 9.17) is 16.0 Å². The van der Waals surface area contributed by atoms with Crippen LogP contribution in [0, 0.1) is 0 Å². The second-order valence-corrected chi connectivity index (χ2v) is 9.58. The highest BCUT2D eigenvalue weighted by atomic mass is 35.5. The molecule has 0 saturated carbocycles. The van der Waals surface area contributed by atoms with Crippen molar-refractivity contribution in [2.45, 2.75) is 25.2 Å². The number of fused-ring (bicyclic) bond motifs is 1. The molecule has 4 rings (SSSR count). The van der Waals surface area contributed by atoms with Crippen molar-refractivity contribution in [1.29, 1.82) is 0 Å². The Balaban J connectivity index is 1.61. The van der Waals surface area contributed by atoms with Crippen LogP contribution in [0.2, 0.25) is 5.02 Å². The highest BCUT2D eigenvalue weighted by Gasteiger charge is 2.30. The number of anilines is 1. The van der Waals surface area contributed by atoms with Crippen molar-refractivity contribution in [2.24, 2.45) is 0 Å². The Labute approximate surface area is 187 Å². The zero-order valence-corrected chi connectivity index (χ0v) is 18.9. The third-order valence-corrected chi connectivity index (χ3v) is 7.87. The average molecular weight is 459 g/mol. The van der Waals surface area contributed by atoms with Crippen LogP contribution in [0.5, 0.6) is 0 Å². The van der Waals surface area contributed by atoms with E-state index in [0.717, 1.165) is 11.1 Å². The highest BCUT2D eigenvalue weighted by molar-refractivity contribution is 7.89. The van der Waals surface area contributed by atoms with Crippen molar-refractivity contribution < 1.29 is 17.6 Å². The topological polar surface area (TPSA) is 70.8 Å². The maximum Gasteiger partial charge on any atom is 0.294 e. The molecule has 2 heterocycles. The van der Waals surface area contributed by atoms with Crippen molar-refractivity contribution in [3.05, 3.63) is 70.9 Å². The zero-order valence-electron chi connectivity index (χ0n) is 17.3. The number of hydrogen-bond donors (Lipinski definition) is 0. The molecule has 0 spiro atoms. The van der Waals surface area contributed by atoms with Gasteiger partial charge in [-0.15, -0.1) is 0 Å². The van der Waals surface area contributed by atoms with Gasteiger partial charge in [0.15, 0.2) is 5.76 Å². The van der Waals surface area contributed by atoms with Gasteiger partial charge in [-0.3, -0.25) is 4.79 Å². The van der Waals surface area contributed by atoms with Crippen LogP contribution in [0.15, 0.2) is 63.9 Å². The van der Waals surface area contributed by atoms with E-state index in [1.807, 2.05) is 32.0 Å². The van der Waals surface area contributed by atoms with E-state index >= 15 is 0 Å². The smallest absolute Gasteiger partial charge is 0.294 e. The summed E-state index contributed by atoms with van der Waals surface area (Å²) >= 11 is 6.23. The quantitative estimate of drug-likeness (QED) is 0.530. The summed E-state index contributed by atoms with van der Waals surface area (Å²) in [6.45, 7) is 4.91. The summed E-state index contributed by atoms with van der Waals surface area (Å²) in [6, 6.07) is 15.6. The minimum atomic E-state index is -3.55. The molecule has 2 aromatic carbocycles. The number of hydrogen-bond acceptors (Lipinski definition) is 4. The lowest BCUT2D eigenvalue weighted by atomic mass is 10.2. The van der Waals surface area contributed by atoms with Crippen LogP contribution >= 0.6 is 11.6 Å². The molecule has 6 nitrogen and oxygen atoms in total. The van der Waals surface area contributed by atoms with Gasteiger partial charge in [0.1, 0.15) is 5.76 Å². The van der Waals surface area contributed by atoms with Crippen molar-refractivity contribution in [1.82, 2.24) is 4.31 Å². The lowest BCUT2D eigenvalue weighted by Gasteiger charge is -2.20. The number of furan rings is 1. The van der Waals surface area contributed by atoms with Gasteiger partial charge in [0, 0.05) is 30.9 Å². The van der Waals surface area contributed by atoms with Crippen LogP contribution in [0.4, 0.5) is 5.69 Å². The molecule has 1 aliphatic rings. The van der Waals surface area contributed by atoms with Crippen LogP contribution in [-0.2, 0) is 16.4 Å². The van der Waals surface area contributed by atoms with Crippen molar-refractivity contribution in [3.63, 3.8) is 0 Å². The van der Waals surface area contributed by atoms with Gasteiger partial charge in [-0.1, -0.05) is 37.6 Å². The van der Waals surface area contributed by atoms with E-state index < -0.39 is 10.0 Å². The molecule has 162 valence electrons. The van der Waals surface area contributed by atoms with Crippen molar-refractivity contribution in [2.75, 3.05) is 24.5 Å². The van der Waals surface area contributed by atoms with Gasteiger partial charge in [-0.05, 0) is 54.4 Å². The summed E-state index contributed by atoms with van der Waals surface area (Å²) in [5.74, 6) is 0.466. The summed E-state index contributed by atoms with van der Waals surface area (Å²) in [7, 11) is -3.55. The molecule has 0 bridgehead atoms. The third kappa shape index (κ3) is 3.89. The molecular weight excluding hydrogens is 436 g/mol. The summed E-state index contributed by atoms with van der Waals surface area (Å²) in [6.07, 6.45) is 0.584. The van der Waals surface area contributed by atoms with Gasteiger partial charge in [0.2, 0.25) is 10.0 Å². The number of benzene rings is 2. The highest BCUT2D eigenvalue weighted by Crippen LogP contribution is 2.34. The molecule has 0 N–H and O–H groups in total. The fraction of sp³-hybridized carbons (Fsp3) is 0.261. The average Bonchev–Trinajstić information content (AvgIpc) is 3.41. The molecule has 0 atom stereocenters. The molecule has 0 aliphatic carbocycles. The number of amides is 1. The van der Waals surface area contributed by atoms with Gasteiger partial charge in [0.25, 0.3) is 5.91 Å². The first-order valence-electron chi connectivity index (χ1n) is 10.2. The molecule has 0 unspecified atom stereocenters. The number of nitrogens with zero attached hydrogens (tertiary/aromatic N) is 2. The molecule has 1 aromatic heterocycles. The summed E-state index contributed by atoms with van der Waals surface area (Å²) in [5.41, 5.74) is 2.26. The van der Waals surface area contributed by atoms with E-state index in [1.165, 1.54) is 4.31 Å². The molecule has 0 fully saturated rings. The largest absolute Gasteiger partial charge is 0.451 e. The molecule has 31 heavy (non-hydrogen) atoms. The maximum atomic E-state index is 13.1. The minimum Gasteiger partial charge on any atom is -0.451 e. The fourth-order valence-electron chi connectivity index (χ4n) is 3.85. The zero-order chi connectivity index (χ0) is 22.2. The van der Waals surface area contributed by atoms with Gasteiger partial charge in [-0.25, -0.2) is 8.42 Å². The van der Waals surface area contributed by atoms with E-state index in [2.05, 4.69) is 0 Å². The standard InChI is InChI=1S/C23H23ClN2O4S/c1-3-25(4-2)31(28,29)17-9-10-20-16(15-17)13-14-26(20)23(27)22-12-11-21(30-22)18-7-5-6-8-19(18)24/h5-12,15H,3-4,13-14H2,1-2H3. The number of carbonyl (C=O) groups excluding carboxylic acids is 1. The van der Waals surface area contributed by atoms with Crippen LogP contribution in [0.3, 0.4) is 0 Å². The summed E-state index contributed by atoms with van der Waals surface area (Å²) in [5, 5.41) is 0.546. The number of carbonyl (C=O) groups is 1. The molecule has 0 saturated heterocycles. The van der Waals surface area contributed by atoms with E-state index in [-0.39, 0.29) is 16.6 Å². The fourth-order valence-corrected chi connectivity index (χ4v) is 5.59. The Kier molecular flexibility index (Phi) is 5.92. The molecule has 1 amide bonds. The number of sulfonamides is 1. The SMILES string of the molecule is CCN(CC)S(=O)(=O)c1ccc2c(c1)CCN2C(=O)c1ccc(-c2ccccc2Cl)o1. The summed E-state index contributed by atoms with van der Waals surface area (Å²) in [4.78, 5) is 15.0. The molecule has 8 heteroatoms. The van der Waals surface area contributed by atoms with E-state index in [9.17, 15) is 13.2 Å². The maximum absolute atomic E-state index is 13.1. The number of rotatable bonds is 6. The normalized spacial score (nSPS) is 13.6. The van der Waals surface area contributed by atoms with Gasteiger partial charge in [-0.2, -0.15) is 4.31 Å². The van der Waals surface area contributed by atoms with Gasteiger partial charge in [0.05, 0.1) is 9.92 Å². The summed E-state index contributed by atoms with van der Waals surface area (Å²) < 4.78 is 32.9. The lowest BCUT2D eigenvalue weighted by molar-refractivity contribution is 0.0963. The van der Waals surface area contributed by atoms with Gasteiger partial charge < -0.3 is 9.32 Å².